The number of hydrogen-bond acceptors (Lipinski definition) is 4. The van der Waals surface area contributed by atoms with E-state index in [0.717, 1.165) is 0 Å². The Hall–Kier alpha value is -1.79. The van der Waals surface area contributed by atoms with E-state index in [2.05, 4.69) is 9.71 Å². The third-order valence-electron chi connectivity index (χ3n) is 2.37. The maximum atomic E-state index is 12.2. The van der Waals surface area contributed by atoms with Crippen molar-refractivity contribution in [2.45, 2.75) is 4.90 Å². The summed E-state index contributed by atoms with van der Waals surface area (Å²) in [7, 11) is -2.34. The molecule has 0 unspecified atom stereocenters. The molecule has 1 aromatic carbocycles. The predicted octanol–water partition coefficient (Wildman–Crippen LogP) is 2.54. The second kappa shape index (κ2) is 5.46. The Kier molecular flexibility index (Phi) is 3.92. The lowest BCUT2D eigenvalue weighted by atomic mass is 10.3. The molecule has 0 spiro atoms. The van der Waals surface area contributed by atoms with Crippen LogP contribution in [0.25, 0.3) is 0 Å². The van der Waals surface area contributed by atoms with Gasteiger partial charge in [0, 0.05) is 6.20 Å². The van der Waals surface area contributed by atoms with Gasteiger partial charge in [-0.1, -0.05) is 23.7 Å². The molecule has 0 bridgehead atoms. The van der Waals surface area contributed by atoms with E-state index in [0.29, 0.717) is 11.4 Å². The van der Waals surface area contributed by atoms with Gasteiger partial charge >= 0.3 is 0 Å². The topological polar surface area (TPSA) is 68.3 Å². The molecule has 0 atom stereocenters. The van der Waals surface area contributed by atoms with Gasteiger partial charge in [-0.05, 0) is 24.3 Å². The lowest BCUT2D eigenvalue weighted by Gasteiger charge is -2.11. The summed E-state index contributed by atoms with van der Waals surface area (Å²) in [5.41, 5.74) is 0.338. The van der Waals surface area contributed by atoms with Gasteiger partial charge in [0.15, 0.2) is 0 Å². The van der Waals surface area contributed by atoms with Gasteiger partial charge in [0.2, 0.25) is 0 Å². The maximum absolute atomic E-state index is 12.2. The number of benzene rings is 1. The van der Waals surface area contributed by atoms with Crippen molar-refractivity contribution < 1.29 is 13.2 Å². The normalized spacial score (nSPS) is 11.1. The van der Waals surface area contributed by atoms with Crippen LogP contribution in [-0.4, -0.2) is 20.5 Å². The van der Waals surface area contributed by atoms with Crippen molar-refractivity contribution in [2.24, 2.45) is 0 Å². The molecule has 0 radical (unpaired) electrons. The number of aromatic nitrogens is 1. The number of pyridine rings is 1. The van der Waals surface area contributed by atoms with Crippen LogP contribution in [0.3, 0.4) is 0 Å². The van der Waals surface area contributed by atoms with E-state index < -0.39 is 10.0 Å². The first-order valence-electron chi connectivity index (χ1n) is 5.31. The number of methoxy groups -OCH3 is 1. The van der Waals surface area contributed by atoms with E-state index in [1.54, 1.807) is 24.3 Å². The Balaban J connectivity index is 2.40. The minimum atomic E-state index is -3.80. The summed E-state index contributed by atoms with van der Waals surface area (Å²) in [6.45, 7) is 0. The minimum absolute atomic E-state index is 0.0788. The van der Waals surface area contributed by atoms with Crippen LogP contribution in [0.2, 0.25) is 5.15 Å². The first-order valence-corrected chi connectivity index (χ1v) is 7.17. The van der Waals surface area contributed by atoms with Crippen molar-refractivity contribution >= 4 is 27.3 Å². The average Bonchev–Trinajstić information content (AvgIpc) is 2.39. The molecule has 0 saturated heterocycles. The molecule has 0 saturated carbocycles. The molecule has 7 heteroatoms. The van der Waals surface area contributed by atoms with Crippen LogP contribution in [0.5, 0.6) is 5.75 Å². The van der Waals surface area contributed by atoms with E-state index in [9.17, 15) is 8.42 Å². The lowest BCUT2D eigenvalue weighted by Crippen LogP contribution is -2.14. The quantitative estimate of drug-likeness (QED) is 0.881. The van der Waals surface area contributed by atoms with Gasteiger partial charge in [0.1, 0.15) is 15.8 Å². The number of hydrogen-bond donors (Lipinski definition) is 1. The average molecular weight is 299 g/mol. The maximum Gasteiger partial charge on any atom is 0.265 e. The number of sulfonamides is 1. The third-order valence-corrected chi connectivity index (χ3v) is 4.18. The Morgan fingerprint density at radius 2 is 1.95 bits per heavy atom. The minimum Gasteiger partial charge on any atom is -0.495 e. The summed E-state index contributed by atoms with van der Waals surface area (Å²) in [5, 5.41) is -0.0788. The van der Waals surface area contributed by atoms with E-state index in [-0.39, 0.29) is 10.0 Å². The van der Waals surface area contributed by atoms with Crippen molar-refractivity contribution in [1.29, 1.82) is 0 Å². The molecule has 0 aliphatic carbocycles. The molecule has 2 aromatic rings. The molecule has 1 N–H and O–H groups in total. The Morgan fingerprint density at radius 3 is 2.63 bits per heavy atom. The second-order valence-electron chi connectivity index (χ2n) is 3.60. The first-order chi connectivity index (χ1) is 9.04. The molecule has 0 fully saturated rings. The molecule has 100 valence electrons. The number of anilines is 1. The molecule has 2 rings (SSSR count). The number of para-hydroxylation sites is 2. The SMILES string of the molecule is COc1ccccc1NS(=O)(=O)c1cccnc1Cl. The van der Waals surface area contributed by atoms with Crippen molar-refractivity contribution in [3.8, 4) is 5.75 Å². The van der Waals surface area contributed by atoms with Crippen LogP contribution < -0.4 is 9.46 Å². The molecule has 19 heavy (non-hydrogen) atoms. The summed E-state index contributed by atoms with van der Waals surface area (Å²) in [5.74, 6) is 0.422. The molecular weight excluding hydrogens is 288 g/mol. The van der Waals surface area contributed by atoms with Gasteiger partial charge in [-0.2, -0.15) is 0 Å². The van der Waals surface area contributed by atoms with Crippen molar-refractivity contribution in [3.63, 3.8) is 0 Å². The zero-order chi connectivity index (χ0) is 13.9. The number of ether oxygens (including phenoxy) is 1. The number of rotatable bonds is 4. The number of nitrogens with zero attached hydrogens (tertiary/aromatic N) is 1. The Morgan fingerprint density at radius 1 is 1.21 bits per heavy atom. The summed E-state index contributed by atoms with van der Waals surface area (Å²) >= 11 is 5.79. The summed E-state index contributed by atoms with van der Waals surface area (Å²) in [6.07, 6.45) is 1.42. The highest BCUT2D eigenvalue weighted by atomic mass is 35.5. The monoisotopic (exact) mass is 298 g/mol. The fourth-order valence-electron chi connectivity index (χ4n) is 1.50. The highest BCUT2D eigenvalue weighted by Gasteiger charge is 2.19. The third kappa shape index (κ3) is 2.97. The second-order valence-corrected chi connectivity index (χ2v) is 5.61. The molecule has 0 aliphatic rings. The largest absolute Gasteiger partial charge is 0.495 e. The Labute approximate surface area is 116 Å². The Bertz CT molecular complexity index is 689. The van der Waals surface area contributed by atoms with Gasteiger partial charge < -0.3 is 4.74 Å². The highest BCUT2D eigenvalue weighted by Crippen LogP contribution is 2.27. The van der Waals surface area contributed by atoms with Gasteiger partial charge in [-0.3, -0.25) is 4.72 Å². The van der Waals surface area contributed by atoms with Crippen LogP contribution >= 0.6 is 11.6 Å². The summed E-state index contributed by atoms with van der Waals surface area (Å²) < 4.78 is 31.9. The van der Waals surface area contributed by atoms with Crippen LogP contribution in [0.4, 0.5) is 5.69 Å². The molecule has 1 heterocycles. The first kappa shape index (κ1) is 13.6. The predicted molar refractivity (Wildman–Crippen MR) is 73.0 cm³/mol. The van der Waals surface area contributed by atoms with Crippen molar-refractivity contribution in [1.82, 2.24) is 4.98 Å². The standard InChI is InChI=1S/C12H11ClN2O3S/c1-18-10-6-3-2-5-9(10)15-19(16,17)11-7-4-8-14-12(11)13/h2-8,15H,1H3. The lowest BCUT2D eigenvalue weighted by molar-refractivity contribution is 0.417. The van der Waals surface area contributed by atoms with E-state index in [1.807, 2.05) is 0 Å². The van der Waals surface area contributed by atoms with Gasteiger partial charge in [0.05, 0.1) is 12.8 Å². The molecule has 0 amide bonds. The van der Waals surface area contributed by atoms with Crippen LogP contribution in [0.15, 0.2) is 47.5 Å². The van der Waals surface area contributed by atoms with E-state index >= 15 is 0 Å². The smallest absolute Gasteiger partial charge is 0.265 e. The molecule has 1 aromatic heterocycles. The van der Waals surface area contributed by atoms with Crippen LogP contribution in [0, 0.1) is 0 Å². The van der Waals surface area contributed by atoms with Gasteiger partial charge in [0.25, 0.3) is 10.0 Å². The highest BCUT2D eigenvalue weighted by molar-refractivity contribution is 7.92. The fraction of sp³-hybridized carbons (Fsp3) is 0.0833. The van der Waals surface area contributed by atoms with Crippen molar-refractivity contribution in [3.05, 3.63) is 47.7 Å². The number of nitrogens with one attached hydrogen (secondary N) is 1. The van der Waals surface area contributed by atoms with E-state index in [1.165, 1.54) is 25.4 Å². The van der Waals surface area contributed by atoms with Crippen molar-refractivity contribution in [2.75, 3.05) is 11.8 Å². The van der Waals surface area contributed by atoms with Gasteiger partial charge in [-0.15, -0.1) is 0 Å². The summed E-state index contributed by atoms with van der Waals surface area (Å²) in [4.78, 5) is 3.66. The van der Waals surface area contributed by atoms with Crippen LogP contribution in [-0.2, 0) is 10.0 Å². The number of halogens is 1. The summed E-state index contributed by atoms with van der Waals surface area (Å²) in [6, 6.07) is 9.58. The van der Waals surface area contributed by atoms with Gasteiger partial charge in [-0.25, -0.2) is 13.4 Å². The molecule has 0 aliphatic heterocycles. The zero-order valence-corrected chi connectivity index (χ0v) is 11.6. The van der Waals surface area contributed by atoms with E-state index in [4.69, 9.17) is 16.3 Å². The fourth-order valence-corrected chi connectivity index (χ4v) is 3.02. The molecule has 5 nitrogen and oxygen atoms in total. The van der Waals surface area contributed by atoms with Crippen LogP contribution in [0.1, 0.15) is 0 Å². The molecular formula is C12H11ClN2O3S. The zero-order valence-electron chi connectivity index (χ0n) is 10.00.